The summed E-state index contributed by atoms with van der Waals surface area (Å²) in [5.74, 6) is 0.323. The van der Waals surface area contributed by atoms with Crippen molar-refractivity contribution in [3.63, 3.8) is 0 Å². The van der Waals surface area contributed by atoms with Gasteiger partial charge in [0.1, 0.15) is 0 Å². The van der Waals surface area contributed by atoms with Gasteiger partial charge in [0.2, 0.25) is 11.7 Å². The van der Waals surface area contributed by atoms with Crippen molar-refractivity contribution in [1.82, 2.24) is 25.5 Å². The molecule has 0 aliphatic heterocycles. The van der Waals surface area contributed by atoms with Gasteiger partial charge in [-0.1, -0.05) is 18.5 Å². The fourth-order valence-corrected chi connectivity index (χ4v) is 2.40. The van der Waals surface area contributed by atoms with Crippen LogP contribution < -0.4 is 5.32 Å². The fraction of sp³-hybridized carbons (Fsp3) is 0.529. The summed E-state index contributed by atoms with van der Waals surface area (Å²) in [6.07, 6.45) is 1.29. The molecule has 2 aromatic rings. The van der Waals surface area contributed by atoms with Gasteiger partial charge in [-0.25, -0.2) is 0 Å². The molecule has 0 fully saturated rings. The Kier molecular flexibility index (Phi) is 8.46. The quantitative estimate of drug-likeness (QED) is 0.599. The lowest BCUT2D eigenvalue weighted by Gasteiger charge is -2.13. The molecule has 1 aromatic heterocycles. The average Bonchev–Trinajstić information content (AvgIpc) is 3.12. The zero-order valence-electron chi connectivity index (χ0n) is 15.0. The Bertz CT molecular complexity index is 677. The van der Waals surface area contributed by atoms with Crippen molar-refractivity contribution in [3.8, 4) is 11.4 Å². The molecule has 0 saturated heterocycles. The molecule has 0 saturated carbocycles. The molecule has 0 aliphatic carbocycles. The summed E-state index contributed by atoms with van der Waals surface area (Å²) in [5, 5.41) is 15.9. The van der Waals surface area contributed by atoms with Gasteiger partial charge in [-0.3, -0.25) is 4.79 Å². The average molecular weight is 382 g/mol. The van der Waals surface area contributed by atoms with Gasteiger partial charge in [0.25, 0.3) is 0 Å². The molecule has 142 valence electrons. The van der Waals surface area contributed by atoms with Crippen LogP contribution in [0.15, 0.2) is 24.3 Å². The number of hydrogen-bond acceptors (Lipinski definition) is 6. The standard InChI is InChI=1S/C17H24ClN5O3/c1-3-15(17(24)19-9-4-10-26-12-11-25-2)23-21-16(20-22-23)13-5-7-14(18)8-6-13/h5-8,15H,3-4,9-12H2,1-2H3,(H,19,24). The highest BCUT2D eigenvalue weighted by atomic mass is 35.5. The van der Waals surface area contributed by atoms with Gasteiger partial charge in [-0.15, -0.1) is 10.2 Å². The minimum atomic E-state index is -0.502. The molecule has 1 amide bonds. The van der Waals surface area contributed by atoms with E-state index in [-0.39, 0.29) is 5.91 Å². The van der Waals surface area contributed by atoms with E-state index >= 15 is 0 Å². The van der Waals surface area contributed by atoms with E-state index < -0.39 is 6.04 Å². The maximum absolute atomic E-state index is 12.4. The molecule has 2 rings (SSSR count). The third kappa shape index (κ3) is 6.05. The van der Waals surface area contributed by atoms with Crippen LogP contribution in [0.4, 0.5) is 0 Å². The molecule has 1 aromatic carbocycles. The second-order valence-electron chi connectivity index (χ2n) is 5.61. The van der Waals surface area contributed by atoms with E-state index in [1.165, 1.54) is 4.80 Å². The number of rotatable bonds is 11. The number of ether oxygens (including phenoxy) is 2. The van der Waals surface area contributed by atoms with Crippen LogP contribution >= 0.6 is 11.6 Å². The Morgan fingerprint density at radius 3 is 2.73 bits per heavy atom. The maximum Gasteiger partial charge on any atom is 0.246 e. The highest BCUT2D eigenvalue weighted by molar-refractivity contribution is 6.30. The van der Waals surface area contributed by atoms with Crippen molar-refractivity contribution in [3.05, 3.63) is 29.3 Å². The molecule has 1 heterocycles. The molecule has 0 spiro atoms. The number of nitrogens with zero attached hydrogens (tertiary/aromatic N) is 4. The first kappa shape index (κ1) is 20.3. The first-order chi connectivity index (χ1) is 12.7. The van der Waals surface area contributed by atoms with Crippen molar-refractivity contribution in [2.75, 3.05) is 33.5 Å². The fourth-order valence-electron chi connectivity index (χ4n) is 2.27. The summed E-state index contributed by atoms with van der Waals surface area (Å²) in [6, 6.07) is 6.65. The molecular formula is C17H24ClN5O3. The first-order valence-corrected chi connectivity index (χ1v) is 8.93. The van der Waals surface area contributed by atoms with E-state index in [1.807, 2.05) is 19.1 Å². The highest BCUT2D eigenvalue weighted by Crippen LogP contribution is 2.18. The van der Waals surface area contributed by atoms with Gasteiger partial charge >= 0.3 is 0 Å². The normalized spacial score (nSPS) is 12.1. The van der Waals surface area contributed by atoms with E-state index in [4.69, 9.17) is 21.1 Å². The molecule has 1 N–H and O–H groups in total. The summed E-state index contributed by atoms with van der Waals surface area (Å²) < 4.78 is 10.3. The minimum Gasteiger partial charge on any atom is -0.382 e. The molecular weight excluding hydrogens is 358 g/mol. The Morgan fingerprint density at radius 2 is 2.04 bits per heavy atom. The number of nitrogens with one attached hydrogen (secondary N) is 1. The predicted molar refractivity (Wildman–Crippen MR) is 97.9 cm³/mol. The van der Waals surface area contributed by atoms with Crippen LogP contribution in [0.2, 0.25) is 5.02 Å². The SMILES string of the molecule is CCC(C(=O)NCCCOCCOC)n1nnc(-c2ccc(Cl)cc2)n1. The van der Waals surface area contributed by atoms with Crippen LogP contribution in [0.5, 0.6) is 0 Å². The Morgan fingerprint density at radius 1 is 1.27 bits per heavy atom. The number of amides is 1. The summed E-state index contributed by atoms with van der Waals surface area (Å²) >= 11 is 5.88. The molecule has 0 bridgehead atoms. The lowest BCUT2D eigenvalue weighted by Crippen LogP contribution is -2.34. The van der Waals surface area contributed by atoms with Crippen LogP contribution in [-0.4, -0.2) is 59.6 Å². The number of halogens is 1. The van der Waals surface area contributed by atoms with Crippen LogP contribution in [-0.2, 0) is 14.3 Å². The van der Waals surface area contributed by atoms with E-state index in [0.717, 1.165) is 12.0 Å². The number of carbonyl (C=O) groups is 1. The summed E-state index contributed by atoms with van der Waals surface area (Å²) in [4.78, 5) is 13.7. The largest absolute Gasteiger partial charge is 0.382 e. The van der Waals surface area contributed by atoms with Crippen LogP contribution in [0.25, 0.3) is 11.4 Å². The number of hydrogen-bond donors (Lipinski definition) is 1. The molecule has 26 heavy (non-hydrogen) atoms. The van der Waals surface area contributed by atoms with Crippen molar-refractivity contribution < 1.29 is 14.3 Å². The minimum absolute atomic E-state index is 0.135. The zero-order chi connectivity index (χ0) is 18.8. The predicted octanol–water partition coefficient (Wildman–Crippen LogP) is 2.11. The van der Waals surface area contributed by atoms with Gasteiger partial charge in [0, 0.05) is 30.8 Å². The Hall–Kier alpha value is -2.03. The molecule has 0 aliphatic rings. The van der Waals surface area contributed by atoms with Crippen molar-refractivity contribution in [2.45, 2.75) is 25.8 Å². The van der Waals surface area contributed by atoms with E-state index in [2.05, 4.69) is 20.7 Å². The number of benzene rings is 1. The van der Waals surface area contributed by atoms with Crippen LogP contribution in [0.1, 0.15) is 25.8 Å². The van der Waals surface area contributed by atoms with Crippen molar-refractivity contribution in [2.24, 2.45) is 0 Å². The van der Waals surface area contributed by atoms with E-state index in [9.17, 15) is 4.79 Å². The van der Waals surface area contributed by atoms with Crippen LogP contribution in [0, 0.1) is 0 Å². The molecule has 9 heteroatoms. The summed E-state index contributed by atoms with van der Waals surface area (Å²) in [6.45, 7) is 4.13. The van der Waals surface area contributed by atoms with Gasteiger partial charge in [-0.2, -0.15) is 4.80 Å². The van der Waals surface area contributed by atoms with Crippen molar-refractivity contribution in [1.29, 1.82) is 0 Å². The smallest absolute Gasteiger partial charge is 0.246 e. The number of tetrazole rings is 1. The van der Waals surface area contributed by atoms with E-state index in [1.54, 1.807) is 19.2 Å². The lowest BCUT2D eigenvalue weighted by molar-refractivity contribution is -0.125. The van der Waals surface area contributed by atoms with Gasteiger partial charge < -0.3 is 14.8 Å². The zero-order valence-corrected chi connectivity index (χ0v) is 15.8. The monoisotopic (exact) mass is 381 g/mol. The number of carbonyl (C=O) groups excluding carboxylic acids is 1. The third-order valence-electron chi connectivity index (χ3n) is 3.70. The number of methoxy groups -OCH3 is 1. The van der Waals surface area contributed by atoms with Gasteiger partial charge in [0.15, 0.2) is 6.04 Å². The Balaban J connectivity index is 1.85. The highest BCUT2D eigenvalue weighted by Gasteiger charge is 2.21. The molecule has 0 radical (unpaired) electrons. The van der Waals surface area contributed by atoms with Crippen molar-refractivity contribution >= 4 is 17.5 Å². The first-order valence-electron chi connectivity index (χ1n) is 8.55. The second kappa shape index (κ2) is 10.8. The summed E-state index contributed by atoms with van der Waals surface area (Å²) in [7, 11) is 1.63. The second-order valence-corrected chi connectivity index (χ2v) is 6.05. The van der Waals surface area contributed by atoms with Crippen LogP contribution in [0.3, 0.4) is 0 Å². The maximum atomic E-state index is 12.4. The number of aromatic nitrogens is 4. The third-order valence-corrected chi connectivity index (χ3v) is 3.95. The van der Waals surface area contributed by atoms with Gasteiger partial charge in [0.05, 0.1) is 13.2 Å². The lowest BCUT2D eigenvalue weighted by atomic mass is 10.2. The summed E-state index contributed by atoms with van der Waals surface area (Å²) in [5.41, 5.74) is 0.795. The van der Waals surface area contributed by atoms with E-state index in [0.29, 0.717) is 43.6 Å². The molecule has 1 unspecified atom stereocenters. The molecule has 1 atom stereocenters. The van der Waals surface area contributed by atoms with Gasteiger partial charge in [-0.05, 0) is 42.3 Å². The topological polar surface area (TPSA) is 91.2 Å². The molecule has 8 nitrogen and oxygen atoms in total. The Labute approximate surface area is 157 Å².